The van der Waals surface area contributed by atoms with Gasteiger partial charge in [-0.15, -0.1) is 0 Å². The fourth-order valence-corrected chi connectivity index (χ4v) is 4.34. The highest BCUT2D eigenvalue weighted by Gasteiger charge is 2.22. The van der Waals surface area contributed by atoms with E-state index in [-0.39, 0.29) is 24.8 Å². The van der Waals surface area contributed by atoms with Crippen LogP contribution < -0.4 is 14.8 Å². The maximum Gasteiger partial charge on any atom is 0.408 e. The third-order valence-corrected chi connectivity index (χ3v) is 6.48. The Balaban J connectivity index is 1.18. The number of aromatic nitrogens is 4. The van der Waals surface area contributed by atoms with Gasteiger partial charge in [-0.3, -0.25) is 0 Å². The van der Waals surface area contributed by atoms with Crippen LogP contribution in [0.2, 0.25) is 0 Å². The quantitative estimate of drug-likeness (QED) is 0.212. The number of H-pyrrole nitrogens is 1. The van der Waals surface area contributed by atoms with Crippen LogP contribution in [0.3, 0.4) is 0 Å². The van der Waals surface area contributed by atoms with Crippen LogP contribution in [0.25, 0.3) is 16.4 Å². The number of halogens is 1. The molecule has 0 radical (unpaired) electrons. The van der Waals surface area contributed by atoms with Crippen LogP contribution in [0.5, 0.6) is 17.4 Å². The number of aryl methyl sites for hydroxylation is 2. The van der Waals surface area contributed by atoms with Crippen molar-refractivity contribution >= 4 is 28.5 Å². The first kappa shape index (κ1) is 28.4. The fraction of sp³-hybridized carbons (Fsp3) is 0.267. The molecule has 2 N–H and O–H groups in total. The molecule has 1 amide bonds. The molecule has 12 heteroatoms. The summed E-state index contributed by atoms with van der Waals surface area (Å²) in [5, 5.41) is 7.09. The molecule has 0 aliphatic rings. The summed E-state index contributed by atoms with van der Waals surface area (Å²) in [4.78, 5) is 31.9. The summed E-state index contributed by atoms with van der Waals surface area (Å²) in [5.41, 5.74) is 3.48. The predicted octanol–water partition coefficient (Wildman–Crippen LogP) is 5.38. The smallest absolute Gasteiger partial charge is 0.408 e. The highest BCUT2D eigenvalue weighted by atomic mass is 19.1. The maximum atomic E-state index is 15.1. The van der Waals surface area contributed by atoms with Crippen LogP contribution in [-0.4, -0.2) is 50.4 Å². The van der Waals surface area contributed by atoms with Gasteiger partial charge in [0.25, 0.3) is 0 Å². The zero-order chi connectivity index (χ0) is 29.8. The molecule has 0 aliphatic heterocycles. The van der Waals surface area contributed by atoms with Crippen molar-refractivity contribution in [1.82, 2.24) is 24.9 Å². The Hall–Kier alpha value is -5.13. The van der Waals surface area contributed by atoms with Crippen LogP contribution in [0, 0.1) is 19.7 Å². The number of alkyl carbamates (subject to hydrolysis) is 1. The first-order chi connectivity index (χ1) is 20.2. The Morgan fingerprint density at radius 2 is 1.88 bits per heavy atom. The van der Waals surface area contributed by atoms with Gasteiger partial charge in [0.05, 0.1) is 6.20 Å². The minimum absolute atomic E-state index is 0.0242. The van der Waals surface area contributed by atoms with E-state index in [1.807, 2.05) is 37.3 Å². The molecule has 0 fully saturated rings. The molecular weight excluding hydrogens is 545 g/mol. The van der Waals surface area contributed by atoms with Gasteiger partial charge in [0, 0.05) is 22.2 Å². The number of fused-ring (bicyclic) bond motifs is 2. The Morgan fingerprint density at radius 3 is 2.67 bits per heavy atom. The monoisotopic (exact) mass is 575 g/mol. The minimum atomic E-state index is -0.931. The number of amides is 1. The van der Waals surface area contributed by atoms with Crippen LogP contribution in [0.1, 0.15) is 30.7 Å². The van der Waals surface area contributed by atoms with Crippen LogP contribution >= 0.6 is 0 Å². The van der Waals surface area contributed by atoms with Crippen molar-refractivity contribution in [2.75, 3.05) is 6.61 Å². The maximum absolute atomic E-state index is 15.1. The van der Waals surface area contributed by atoms with E-state index in [1.165, 1.54) is 23.8 Å². The van der Waals surface area contributed by atoms with E-state index in [0.29, 0.717) is 27.7 Å². The molecule has 11 nitrogen and oxygen atoms in total. The number of hydrogen-bond donors (Lipinski definition) is 2. The zero-order valence-electron chi connectivity index (χ0n) is 23.5. The minimum Gasteiger partial charge on any atom is -0.488 e. The molecule has 5 rings (SSSR count). The summed E-state index contributed by atoms with van der Waals surface area (Å²) in [6, 6.07) is 13.3. The van der Waals surface area contributed by atoms with Gasteiger partial charge < -0.3 is 29.2 Å². The van der Waals surface area contributed by atoms with E-state index >= 15 is 4.39 Å². The highest BCUT2D eigenvalue weighted by molar-refractivity contribution is 5.83. The molecule has 0 aliphatic carbocycles. The molecule has 0 saturated heterocycles. The number of esters is 1. The Morgan fingerprint density at radius 1 is 1.10 bits per heavy atom. The lowest BCUT2D eigenvalue weighted by Crippen LogP contribution is -2.41. The van der Waals surface area contributed by atoms with Crippen LogP contribution in [0.15, 0.2) is 61.1 Å². The second-order valence-corrected chi connectivity index (χ2v) is 9.86. The van der Waals surface area contributed by atoms with Crippen LogP contribution in [-0.2, 0) is 20.9 Å². The summed E-state index contributed by atoms with van der Waals surface area (Å²) in [5.74, 6) is -0.507. The molecule has 2 atom stereocenters. The Kier molecular flexibility index (Phi) is 8.23. The second-order valence-electron chi connectivity index (χ2n) is 9.86. The summed E-state index contributed by atoms with van der Waals surface area (Å²) < 4.78 is 39.0. The van der Waals surface area contributed by atoms with Gasteiger partial charge >= 0.3 is 12.1 Å². The topological polar surface area (TPSA) is 129 Å². The first-order valence-corrected chi connectivity index (χ1v) is 13.3. The first-order valence-electron chi connectivity index (χ1n) is 13.3. The number of nitrogens with one attached hydrogen (secondary N) is 2. The lowest BCUT2D eigenvalue weighted by molar-refractivity contribution is -0.151. The SMILES string of the molecule is Cc1cc2c(F)c(Oc3ncnn4cc(OC[C@@H](C)OC(=O)[C@@H](C)NC(=O)OCc5ccccc5)c(C)c34)ccc2[nH]1. The number of ether oxygens (including phenoxy) is 4. The number of carbonyl (C=O) groups is 2. The average Bonchev–Trinajstić information content (AvgIpc) is 3.52. The number of carbonyl (C=O) groups excluding carboxylic acids is 2. The lowest BCUT2D eigenvalue weighted by atomic mass is 10.2. The molecule has 2 aromatic carbocycles. The van der Waals surface area contributed by atoms with Crippen molar-refractivity contribution in [3.63, 3.8) is 0 Å². The molecule has 0 spiro atoms. The third kappa shape index (κ3) is 6.27. The molecule has 0 bridgehead atoms. The van der Waals surface area contributed by atoms with Crippen molar-refractivity contribution in [1.29, 1.82) is 0 Å². The summed E-state index contributed by atoms with van der Waals surface area (Å²) >= 11 is 0. The van der Waals surface area contributed by atoms with E-state index in [9.17, 15) is 9.59 Å². The Bertz CT molecular complexity index is 1730. The van der Waals surface area contributed by atoms with E-state index in [2.05, 4.69) is 20.4 Å². The molecule has 3 aromatic heterocycles. The van der Waals surface area contributed by atoms with Crippen LogP contribution in [0.4, 0.5) is 9.18 Å². The molecule has 5 aromatic rings. The number of hydrogen-bond acceptors (Lipinski definition) is 8. The van der Waals surface area contributed by atoms with Gasteiger partial charge in [0.1, 0.15) is 43.0 Å². The lowest BCUT2D eigenvalue weighted by Gasteiger charge is -2.18. The van der Waals surface area contributed by atoms with Crippen molar-refractivity contribution < 1.29 is 32.9 Å². The van der Waals surface area contributed by atoms with E-state index in [0.717, 1.165) is 11.3 Å². The Labute approximate surface area is 240 Å². The summed E-state index contributed by atoms with van der Waals surface area (Å²) in [6.07, 6.45) is 1.56. The molecule has 0 saturated carbocycles. The van der Waals surface area contributed by atoms with Crippen molar-refractivity contribution in [2.45, 2.75) is 46.4 Å². The molecular formula is C30H30FN5O6. The molecule has 42 heavy (non-hydrogen) atoms. The normalized spacial score (nSPS) is 12.6. The molecule has 3 heterocycles. The van der Waals surface area contributed by atoms with Gasteiger partial charge in [0.15, 0.2) is 11.6 Å². The van der Waals surface area contributed by atoms with E-state index in [4.69, 9.17) is 18.9 Å². The highest BCUT2D eigenvalue weighted by Crippen LogP contribution is 2.34. The largest absolute Gasteiger partial charge is 0.488 e. The third-order valence-electron chi connectivity index (χ3n) is 6.48. The van der Waals surface area contributed by atoms with Gasteiger partial charge in [-0.2, -0.15) is 10.1 Å². The number of rotatable bonds is 10. The van der Waals surface area contributed by atoms with E-state index < -0.39 is 30.0 Å². The van der Waals surface area contributed by atoms with E-state index in [1.54, 1.807) is 32.2 Å². The summed E-state index contributed by atoms with van der Waals surface area (Å²) in [7, 11) is 0. The predicted molar refractivity (Wildman–Crippen MR) is 151 cm³/mol. The van der Waals surface area contributed by atoms with Gasteiger partial charge in [-0.05, 0) is 51.5 Å². The number of aromatic amines is 1. The standard InChI is InChI=1S/C30H30FN5O6/c1-17-12-22-23(34-17)10-11-24(26(22)31)42-28-27-19(3)25(13-36(27)33-16-32-28)39-14-18(2)41-29(37)20(4)35-30(38)40-15-21-8-6-5-7-9-21/h5-13,16,18,20,34H,14-15H2,1-4H3,(H,35,38)/t18-,20-/m1/s1. The molecule has 218 valence electrons. The van der Waals surface area contributed by atoms with Crippen molar-refractivity contribution in [3.8, 4) is 17.4 Å². The van der Waals surface area contributed by atoms with Gasteiger partial charge in [0.2, 0.25) is 5.88 Å². The second kappa shape index (κ2) is 12.2. The fourth-order valence-electron chi connectivity index (χ4n) is 4.34. The van der Waals surface area contributed by atoms with Gasteiger partial charge in [-0.1, -0.05) is 30.3 Å². The number of nitrogens with zero attached hydrogens (tertiary/aromatic N) is 3. The van der Waals surface area contributed by atoms with Crippen molar-refractivity contribution in [3.05, 3.63) is 83.7 Å². The summed E-state index contributed by atoms with van der Waals surface area (Å²) in [6.45, 7) is 6.92. The average molecular weight is 576 g/mol. The van der Waals surface area contributed by atoms with Crippen molar-refractivity contribution in [2.24, 2.45) is 0 Å². The van der Waals surface area contributed by atoms with Gasteiger partial charge in [-0.25, -0.2) is 18.5 Å². The number of benzene rings is 2. The zero-order valence-corrected chi connectivity index (χ0v) is 23.5. The molecule has 0 unspecified atom stereocenters.